The van der Waals surface area contributed by atoms with Gasteiger partial charge < -0.3 is 14.5 Å². The number of nitrogens with zero attached hydrogens (tertiary/aromatic N) is 4. The summed E-state index contributed by atoms with van der Waals surface area (Å²) < 4.78 is 5.64. The van der Waals surface area contributed by atoms with Gasteiger partial charge in [-0.2, -0.15) is 0 Å². The second kappa shape index (κ2) is 7.32. The van der Waals surface area contributed by atoms with Crippen LogP contribution in [0.4, 0.5) is 11.5 Å². The first-order valence-electron chi connectivity index (χ1n) is 10.7. The van der Waals surface area contributed by atoms with E-state index in [0.29, 0.717) is 5.92 Å². The number of hydrogen-bond acceptors (Lipinski definition) is 5. The first kappa shape index (κ1) is 18.4. The normalized spacial score (nSPS) is 19.4. The number of rotatable bonds is 4. The number of carbonyl (C=O) groups is 1. The maximum Gasteiger partial charge on any atom is 0.230 e. The van der Waals surface area contributed by atoms with Crippen molar-refractivity contribution in [3.63, 3.8) is 0 Å². The number of para-hydroxylation sites is 1. The minimum atomic E-state index is 0.0780. The van der Waals surface area contributed by atoms with Crippen LogP contribution in [0.1, 0.15) is 48.7 Å². The number of methoxy groups -OCH3 is 1. The van der Waals surface area contributed by atoms with Gasteiger partial charge in [0, 0.05) is 37.2 Å². The number of aryl methyl sites for hydroxylation is 1. The highest BCUT2D eigenvalue weighted by atomic mass is 16.5. The zero-order chi connectivity index (χ0) is 20.0. The molecule has 0 atom stereocenters. The van der Waals surface area contributed by atoms with Crippen LogP contribution < -0.4 is 14.5 Å². The molecule has 0 N–H and O–H groups in total. The molecule has 0 unspecified atom stereocenters. The third-order valence-electron chi connectivity index (χ3n) is 6.48. The fraction of sp³-hybridized carbons (Fsp3) is 0.522. The number of aromatic nitrogens is 2. The lowest BCUT2D eigenvalue weighted by atomic mass is 9.95. The van der Waals surface area contributed by atoms with Crippen molar-refractivity contribution in [3.8, 4) is 5.75 Å². The van der Waals surface area contributed by atoms with Crippen LogP contribution in [-0.2, 0) is 11.2 Å². The molecule has 152 valence electrons. The fourth-order valence-electron chi connectivity index (χ4n) is 4.67. The summed E-state index contributed by atoms with van der Waals surface area (Å²) in [6, 6.07) is 8.28. The summed E-state index contributed by atoms with van der Waals surface area (Å²) in [5, 5.41) is 0. The van der Waals surface area contributed by atoms with Crippen molar-refractivity contribution >= 4 is 17.4 Å². The summed E-state index contributed by atoms with van der Waals surface area (Å²) in [4.78, 5) is 27.0. The predicted molar refractivity (Wildman–Crippen MR) is 113 cm³/mol. The summed E-state index contributed by atoms with van der Waals surface area (Å²) in [6.07, 6.45) is 5.02. The molecule has 3 heterocycles. The molecule has 0 spiro atoms. The number of anilines is 2. The van der Waals surface area contributed by atoms with E-state index in [9.17, 15) is 4.79 Å². The molecule has 3 aliphatic rings. The second-order valence-electron chi connectivity index (χ2n) is 8.43. The summed E-state index contributed by atoms with van der Waals surface area (Å²) >= 11 is 0. The number of amides is 1. The molecule has 2 aliphatic heterocycles. The summed E-state index contributed by atoms with van der Waals surface area (Å²) in [5.74, 6) is 3.48. The van der Waals surface area contributed by atoms with Crippen molar-refractivity contribution in [2.24, 2.45) is 5.92 Å². The average Bonchev–Trinajstić information content (AvgIpc) is 3.52. The number of ether oxygens (including phenoxy) is 1. The Kier molecular flexibility index (Phi) is 4.64. The standard InChI is InChI=1S/C23H28N4O2/c1-15-20(29-2)22(25-21(24-15)17-7-8-17)26-12-9-18(10-13-26)23(28)27-14-11-16-5-3-4-6-19(16)27/h3-6,17-18H,7-14H2,1-2H3. The highest BCUT2D eigenvalue weighted by molar-refractivity contribution is 5.97. The molecule has 1 aromatic carbocycles. The zero-order valence-corrected chi connectivity index (χ0v) is 17.2. The van der Waals surface area contributed by atoms with Gasteiger partial charge in [-0.25, -0.2) is 9.97 Å². The van der Waals surface area contributed by atoms with Gasteiger partial charge in [-0.3, -0.25) is 4.79 Å². The lowest BCUT2D eigenvalue weighted by molar-refractivity contribution is -0.122. The Bertz CT molecular complexity index is 932. The molecule has 6 heteroatoms. The fourth-order valence-corrected chi connectivity index (χ4v) is 4.67. The van der Waals surface area contributed by atoms with Gasteiger partial charge >= 0.3 is 0 Å². The topological polar surface area (TPSA) is 58.6 Å². The van der Waals surface area contributed by atoms with Crippen LogP contribution in [0, 0.1) is 12.8 Å². The Labute approximate surface area is 171 Å². The molecule has 5 rings (SSSR count). The third-order valence-corrected chi connectivity index (χ3v) is 6.48. The van der Waals surface area contributed by atoms with Crippen molar-refractivity contribution in [2.75, 3.05) is 36.5 Å². The summed E-state index contributed by atoms with van der Waals surface area (Å²) in [6.45, 7) is 4.45. The number of fused-ring (bicyclic) bond motifs is 1. The maximum absolute atomic E-state index is 13.2. The molecule has 1 saturated carbocycles. The van der Waals surface area contributed by atoms with Crippen LogP contribution >= 0.6 is 0 Å². The monoisotopic (exact) mass is 392 g/mol. The molecule has 1 aliphatic carbocycles. The Morgan fingerprint density at radius 2 is 1.83 bits per heavy atom. The van der Waals surface area contributed by atoms with Gasteiger partial charge in [-0.05, 0) is 50.7 Å². The Balaban J connectivity index is 1.30. The molecule has 0 radical (unpaired) electrons. The van der Waals surface area contributed by atoms with E-state index in [1.807, 2.05) is 17.9 Å². The molecular weight excluding hydrogens is 364 g/mol. The molecule has 0 bridgehead atoms. The van der Waals surface area contributed by atoms with Gasteiger partial charge in [0.25, 0.3) is 0 Å². The van der Waals surface area contributed by atoms with Crippen LogP contribution in [0.2, 0.25) is 0 Å². The Morgan fingerprint density at radius 3 is 2.55 bits per heavy atom. The number of carbonyl (C=O) groups excluding carboxylic acids is 1. The van der Waals surface area contributed by atoms with E-state index in [0.717, 1.165) is 67.7 Å². The van der Waals surface area contributed by atoms with Crippen LogP contribution in [-0.4, -0.2) is 42.6 Å². The molecule has 1 saturated heterocycles. The average molecular weight is 393 g/mol. The van der Waals surface area contributed by atoms with Crippen molar-refractivity contribution in [1.29, 1.82) is 0 Å². The zero-order valence-electron chi connectivity index (χ0n) is 17.2. The quantitative estimate of drug-likeness (QED) is 0.797. The number of benzene rings is 1. The van der Waals surface area contributed by atoms with E-state index in [1.165, 1.54) is 18.4 Å². The van der Waals surface area contributed by atoms with Crippen molar-refractivity contribution in [3.05, 3.63) is 41.3 Å². The number of hydrogen-bond donors (Lipinski definition) is 0. The van der Waals surface area contributed by atoms with Crippen molar-refractivity contribution in [2.45, 2.75) is 44.9 Å². The summed E-state index contributed by atoms with van der Waals surface area (Å²) in [7, 11) is 1.69. The van der Waals surface area contributed by atoms with E-state index >= 15 is 0 Å². The lowest BCUT2D eigenvalue weighted by Crippen LogP contribution is -2.42. The van der Waals surface area contributed by atoms with Crippen LogP contribution in [0.15, 0.2) is 24.3 Å². The highest BCUT2D eigenvalue weighted by Gasteiger charge is 2.34. The molecule has 29 heavy (non-hydrogen) atoms. The van der Waals surface area contributed by atoms with Gasteiger partial charge in [-0.15, -0.1) is 0 Å². The SMILES string of the molecule is COc1c(C)nc(C2CC2)nc1N1CCC(C(=O)N2CCc3ccccc32)CC1. The molecule has 6 nitrogen and oxygen atoms in total. The third kappa shape index (κ3) is 3.34. The van der Waals surface area contributed by atoms with Crippen LogP contribution in [0.3, 0.4) is 0 Å². The molecule has 1 aromatic heterocycles. The first-order chi connectivity index (χ1) is 14.2. The smallest absolute Gasteiger partial charge is 0.230 e. The molecule has 1 amide bonds. The van der Waals surface area contributed by atoms with Crippen molar-refractivity contribution < 1.29 is 9.53 Å². The summed E-state index contributed by atoms with van der Waals surface area (Å²) in [5.41, 5.74) is 3.29. The van der Waals surface area contributed by atoms with E-state index in [2.05, 4.69) is 28.1 Å². The van der Waals surface area contributed by atoms with E-state index in [4.69, 9.17) is 9.72 Å². The lowest BCUT2D eigenvalue weighted by Gasteiger charge is -2.34. The van der Waals surface area contributed by atoms with Gasteiger partial charge in [-0.1, -0.05) is 18.2 Å². The Hall–Kier alpha value is -2.63. The van der Waals surface area contributed by atoms with E-state index in [1.54, 1.807) is 7.11 Å². The molecule has 2 aromatic rings. The molecule has 2 fully saturated rings. The first-order valence-corrected chi connectivity index (χ1v) is 10.7. The largest absolute Gasteiger partial charge is 0.491 e. The maximum atomic E-state index is 13.2. The van der Waals surface area contributed by atoms with Gasteiger partial charge in [0.1, 0.15) is 5.82 Å². The van der Waals surface area contributed by atoms with Crippen molar-refractivity contribution in [1.82, 2.24) is 9.97 Å². The van der Waals surface area contributed by atoms with E-state index < -0.39 is 0 Å². The van der Waals surface area contributed by atoms with Gasteiger partial charge in [0.2, 0.25) is 5.91 Å². The molecular formula is C23H28N4O2. The minimum Gasteiger partial charge on any atom is -0.491 e. The van der Waals surface area contributed by atoms with E-state index in [-0.39, 0.29) is 11.8 Å². The Morgan fingerprint density at radius 1 is 1.07 bits per heavy atom. The van der Waals surface area contributed by atoms with Crippen LogP contribution in [0.25, 0.3) is 0 Å². The van der Waals surface area contributed by atoms with Crippen LogP contribution in [0.5, 0.6) is 5.75 Å². The van der Waals surface area contributed by atoms with Gasteiger partial charge in [0.15, 0.2) is 11.6 Å². The highest BCUT2D eigenvalue weighted by Crippen LogP contribution is 2.41. The van der Waals surface area contributed by atoms with Gasteiger partial charge in [0.05, 0.1) is 12.8 Å². The second-order valence-corrected chi connectivity index (χ2v) is 8.43. The predicted octanol–water partition coefficient (Wildman–Crippen LogP) is 3.48. The minimum absolute atomic E-state index is 0.0780. The number of piperidine rings is 1.